The molecule has 1 atom stereocenters. The lowest BCUT2D eigenvalue weighted by Crippen LogP contribution is -2.24. The zero-order chi connectivity index (χ0) is 15.5. The van der Waals surface area contributed by atoms with Gasteiger partial charge in [0, 0.05) is 23.4 Å². The van der Waals surface area contributed by atoms with E-state index in [9.17, 15) is 0 Å². The molecule has 0 amide bonds. The number of likely N-dealkylation sites (N-methyl/N-ethyl adjacent to an activating group) is 1. The number of hydrogen-bond donors (Lipinski definition) is 1. The van der Waals surface area contributed by atoms with Gasteiger partial charge < -0.3 is 5.32 Å². The van der Waals surface area contributed by atoms with Gasteiger partial charge >= 0.3 is 0 Å². The lowest BCUT2D eigenvalue weighted by atomic mass is 9.93. The van der Waals surface area contributed by atoms with Crippen LogP contribution in [0.2, 0.25) is 0 Å². The largest absolute Gasteiger partial charge is 0.309 e. The molecule has 1 N–H and O–H groups in total. The van der Waals surface area contributed by atoms with Crippen molar-refractivity contribution >= 4 is 11.3 Å². The molecule has 0 aromatic carbocycles. The third-order valence-corrected chi connectivity index (χ3v) is 4.40. The van der Waals surface area contributed by atoms with Gasteiger partial charge in [0.25, 0.3) is 0 Å². The summed E-state index contributed by atoms with van der Waals surface area (Å²) in [4.78, 5) is 9.37. The van der Waals surface area contributed by atoms with Gasteiger partial charge in [-0.05, 0) is 25.1 Å². The number of nitrogens with zero attached hydrogens (tertiary/aromatic N) is 2. The number of rotatable bonds is 5. The molecule has 0 aliphatic rings. The van der Waals surface area contributed by atoms with Gasteiger partial charge in [-0.2, -0.15) is 0 Å². The van der Waals surface area contributed by atoms with Crippen LogP contribution in [0.4, 0.5) is 0 Å². The highest BCUT2D eigenvalue weighted by Gasteiger charge is 2.20. The van der Waals surface area contributed by atoms with Crippen molar-refractivity contribution in [2.24, 2.45) is 0 Å². The van der Waals surface area contributed by atoms with E-state index in [1.807, 2.05) is 12.3 Å². The van der Waals surface area contributed by atoms with Crippen LogP contribution in [0.1, 0.15) is 55.7 Å². The zero-order valence-corrected chi connectivity index (χ0v) is 14.4. The Morgan fingerprint density at radius 2 is 2.10 bits per heavy atom. The van der Waals surface area contributed by atoms with Crippen molar-refractivity contribution in [3.8, 4) is 0 Å². The maximum absolute atomic E-state index is 4.81. The SMILES string of the molecule is CCNC(Cc1nc(C(C)(C)C)cs1)c1ncccc1C. The fourth-order valence-corrected chi connectivity index (χ4v) is 3.37. The van der Waals surface area contributed by atoms with E-state index in [2.05, 4.69) is 56.4 Å². The molecule has 4 heteroatoms. The van der Waals surface area contributed by atoms with E-state index < -0.39 is 0 Å². The van der Waals surface area contributed by atoms with Gasteiger partial charge in [-0.15, -0.1) is 11.3 Å². The second-order valence-electron chi connectivity index (χ2n) is 6.40. The first kappa shape index (κ1) is 16.1. The summed E-state index contributed by atoms with van der Waals surface area (Å²) in [6, 6.07) is 4.34. The monoisotopic (exact) mass is 303 g/mol. The van der Waals surface area contributed by atoms with Crippen LogP contribution in [0.25, 0.3) is 0 Å². The summed E-state index contributed by atoms with van der Waals surface area (Å²) in [6.07, 6.45) is 2.77. The molecule has 0 radical (unpaired) electrons. The average molecular weight is 303 g/mol. The Morgan fingerprint density at radius 3 is 2.67 bits per heavy atom. The Morgan fingerprint density at radius 1 is 1.33 bits per heavy atom. The van der Waals surface area contributed by atoms with E-state index in [-0.39, 0.29) is 11.5 Å². The molecule has 21 heavy (non-hydrogen) atoms. The maximum atomic E-state index is 4.81. The van der Waals surface area contributed by atoms with Crippen LogP contribution in [-0.2, 0) is 11.8 Å². The third-order valence-electron chi connectivity index (χ3n) is 3.53. The number of nitrogens with one attached hydrogen (secondary N) is 1. The van der Waals surface area contributed by atoms with Crippen LogP contribution >= 0.6 is 11.3 Å². The summed E-state index contributed by atoms with van der Waals surface area (Å²) in [5.41, 5.74) is 3.65. The van der Waals surface area contributed by atoms with Crippen molar-refractivity contribution < 1.29 is 0 Å². The summed E-state index contributed by atoms with van der Waals surface area (Å²) < 4.78 is 0. The molecule has 0 fully saturated rings. The number of aryl methyl sites for hydroxylation is 1. The molecule has 0 saturated heterocycles. The third kappa shape index (κ3) is 4.11. The first-order valence-electron chi connectivity index (χ1n) is 7.51. The molecule has 0 saturated carbocycles. The highest BCUT2D eigenvalue weighted by molar-refractivity contribution is 7.09. The van der Waals surface area contributed by atoms with Gasteiger partial charge in [-0.3, -0.25) is 4.98 Å². The summed E-state index contributed by atoms with van der Waals surface area (Å²) in [6.45, 7) is 11.8. The molecule has 3 nitrogen and oxygen atoms in total. The lowest BCUT2D eigenvalue weighted by molar-refractivity contribution is 0.527. The fourth-order valence-electron chi connectivity index (χ4n) is 2.30. The van der Waals surface area contributed by atoms with Gasteiger partial charge in [0.15, 0.2) is 0 Å². The van der Waals surface area contributed by atoms with E-state index in [1.54, 1.807) is 11.3 Å². The topological polar surface area (TPSA) is 37.8 Å². The summed E-state index contributed by atoms with van der Waals surface area (Å²) in [7, 11) is 0. The summed E-state index contributed by atoms with van der Waals surface area (Å²) >= 11 is 1.75. The minimum atomic E-state index is 0.114. The molecule has 114 valence electrons. The highest BCUT2D eigenvalue weighted by Crippen LogP contribution is 2.27. The molecule has 0 aliphatic heterocycles. The van der Waals surface area contributed by atoms with E-state index in [0.29, 0.717) is 0 Å². The Kier molecular flexibility index (Phi) is 5.12. The van der Waals surface area contributed by atoms with Crippen molar-refractivity contribution in [2.75, 3.05) is 6.54 Å². The predicted molar refractivity (Wildman–Crippen MR) is 89.9 cm³/mol. The molecule has 0 bridgehead atoms. The first-order chi connectivity index (χ1) is 9.91. The molecule has 2 rings (SSSR count). The van der Waals surface area contributed by atoms with Gasteiger partial charge in [-0.25, -0.2) is 4.98 Å². The molecule has 1 unspecified atom stereocenters. The first-order valence-corrected chi connectivity index (χ1v) is 8.39. The van der Waals surface area contributed by atoms with Gasteiger partial charge in [-0.1, -0.05) is 33.8 Å². The van der Waals surface area contributed by atoms with E-state index in [4.69, 9.17) is 4.98 Å². The van der Waals surface area contributed by atoms with Gasteiger partial charge in [0.1, 0.15) is 0 Å². The Labute approximate surface area is 131 Å². The minimum Gasteiger partial charge on any atom is -0.309 e. The quantitative estimate of drug-likeness (QED) is 0.906. The highest BCUT2D eigenvalue weighted by atomic mass is 32.1. The van der Waals surface area contributed by atoms with Crippen LogP contribution in [0.15, 0.2) is 23.7 Å². The summed E-state index contributed by atoms with van der Waals surface area (Å²) in [5.74, 6) is 0. The number of pyridine rings is 1. The van der Waals surface area contributed by atoms with Gasteiger partial charge in [0.05, 0.1) is 22.4 Å². The smallest absolute Gasteiger partial charge is 0.0948 e. The van der Waals surface area contributed by atoms with Crippen molar-refractivity contribution in [3.63, 3.8) is 0 Å². The summed E-state index contributed by atoms with van der Waals surface area (Å²) in [5, 5.41) is 6.90. The standard InChI is InChI=1S/C17H25N3S/c1-6-18-13(16-12(2)8-7-9-19-16)10-15-20-14(11-21-15)17(3,4)5/h7-9,11,13,18H,6,10H2,1-5H3. The van der Waals surface area contributed by atoms with Crippen LogP contribution in [0, 0.1) is 6.92 Å². The number of thiazole rings is 1. The van der Waals surface area contributed by atoms with Crippen molar-refractivity contribution in [1.82, 2.24) is 15.3 Å². The van der Waals surface area contributed by atoms with Crippen LogP contribution in [0.5, 0.6) is 0 Å². The Hall–Kier alpha value is -1.26. The van der Waals surface area contributed by atoms with E-state index in [1.165, 1.54) is 16.3 Å². The Balaban J connectivity index is 2.21. The second kappa shape index (κ2) is 6.67. The second-order valence-corrected chi connectivity index (χ2v) is 7.34. The molecule has 2 aromatic heterocycles. The van der Waals surface area contributed by atoms with Crippen molar-refractivity contribution in [2.45, 2.75) is 52.5 Å². The van der Waals surface area contributed by atoms with Crippen molar-refractivity contribution in [3.05, 3.63) is 45.7 Å². The molecular weight excluding hydrogens is 278 g/mol. The maximum Gasteiger partial charge on any atom is 0.0948 e. The molecular formula is C17H25N3S. The molecule has 0 aliphatic carbocycles. The molecule has 2 heterocycles. The lowest BCUT2D eigenvalue weighted by Gasteiger charge is -2.18. The van der Waals surface area contributed by atoms with Crippen LogP contribution < -0.4 is 5.32 Å². The van der Waals surface area contributed by atoms with E-state index >= 15 is 0 Å². The van der Waals surface area contributed by atoms with E-state index in [0.717, 1.165) is 18.7 Å². The molecule has 0 spiro atoms. The van der Waals surface area contributed by atoms with Crippen LogP contribution in [-0.4, -0.2) is 16.5 Å². The number of aromatic nitrogens is 2. The zero-order valence-electron chi connectivity index (χ0n) is 13.6. The Bertz CT molecular complexity index is 584. The number of hydrogen-bond acceptors (Lipinski definition) is 4. The normalized spacial score (nSPS) is 13.4. The fraction of sp³-hybridized carbons (Fsp3) is 0.529. The van der Waals surface area contributed by atoms with Crippen molar-refractivity contribution in [1.29, 1.82) is 0 Å². The van der Waals surface area contributed by atoms with Crippen LogP contribution in [0.3, 0.4) is 0 Å². The molecule has 2 aromatic rings. The predicted octanol–water partition coefficient (Wildman–Crippen LogP) is 4.04. The minimum absolute atomic E-state index is 0.114. The van der Waals surface area contributed by atoms with Gasteiger partial charge in [0.2, 0.25) is 0 Å². The average Bonchev–Trinajstić information content (AvgIpc) is 2.87.